The number of aryl methyl sites for hydroxylation is 1. The van der Waals surface area contributed by atoms with Gasteiger partial charge >= 0.3 is 0 Å². The van der Waals surface area contributed by atoms with Crippen molar-refractivity contribution in [3.63, 3.8) is 0 Å². The molecule has 2 aromatic rings. The molecule has 0 saturated heterocycles. The fourth-order valence-electron chi connectivity index (χ4n) is 3.01. The highest BCUT2D eigenvalue weighted by Crippen LogP contribution is 2.29. The van der Waals surface area contributed by atoms with E-state index in [2.05, 4.69) is 16.4 Å². The maximum absolute atomic E-state index is 12.5. The molecule has 1 aromatic heterocycles. The predicted molar refractivity (Wildman–Crippen MR) is 102 cm³/mol. The zero-order chi connectivity index (χ0) is 17.6. The summed E-state index contributed by atoms with van der Waals surface area (Å²) in [5.74, 6) is 0.790. The molecule has 0 atom stereocenters. The minimum Gasteiger partial charge on any atom is -0.497 e. The van der Waals surface area contributed by atoms with Crippen LogP contribution in [0.1, 0.15) is 47.5 Å². The van der Waals surface area contributed by atoms with Crippen LogP contribution in [0.15, 0.2) is 35.9 Å². The quantitative estimate of drug-likeness (QED) is 0.760. The molecule has 0 radical (unpaired) electrons. The van der Waals surface area contributed by atoms with Crippen molar-refractivity contribution in [3.05, 3.63) is 46.5 Å². The first-order valence-electron chi connectivity index (χ1n) is 8.75. The molecule has 5 heteroatoms. The minimum absolute atomic E-state index is 0.0221. The summed E-state index contributed by atoms with van der Waals surface area (Å²) >= 11 is 1.44. The summed E-state index contributed by atoms with van der Waals surface area (Å²) in [5.41, 5.74) is 3.26. The number of nitrogens with zero attached hydrogens (tertiary/aromatic N) is 1. The molecular formula is C20H24N2O2S. The molecule has 25 heavy (non-hydrogen) atoms. The number of carbonyl (C=O) groups excluding carboxylic acids is 1. The Morgan fingerprint density at radius 2 is 2.08 bits per heavy atom. The van der Waals surface area contributed by atoms with Gasteiger partial charge in [-0.25, -0.2) is 4.98 Å². The molecule has 1 aliphatic rings. The summed E-state index contributed by atoms with van der Waals surface area (Å²) in [5, 5.41) is 3.90. The number of hydrogen-bond acceptors (Lipinski definition) is 4. The standard InChI is InChI=1S/C20H24N2O2S/c1-14-18(19(23)21-13-12-15-6-4-3-5-7-15)25-20(22-14)16-8-10-17(24-2)11-9-16/h6,8-11H,3-5,7,12-13H2,1-2H3,(H,21,23). The van der Waals surface area contributed by atoms with Crippen molar-refractivity contribution in [3.8, 4) is 16.3 Å². The molecule has 3 rings (SSSR count). The Hall–Kier alpha value is -2.14. The van der Waals surface area contributed by atoms with Crippen LogP contribution in [0, 0.1) is 6.92 Å². The van der Waals surface area contributed by atoms with Crippen molar-refractivity contribution < 1.29 is 9.53 Å². The molecule has 0 unspecified atom stereocenters. The zero-order valence-corrected chi connectivity index (χ0v) is 15.6. The highest BCUT2D eigenvalue weighted by molar-refractivity contribution is 7.17. The lowest BCUT2D eigenvalue weighted by atomic mass is 9.97. The van der Waals surface area contributed by atoms with Gasteiger partial charge < -0.3 is 10.1 Å². The molecular weight excluding hydrogens is 332 g/mol. The molecule has 0 aliphatic heterocycles. The van der Waals surface area contributed by atoms with Crippen LogP contribution < -0.4 is 10.1 Å². The van der Waals surface area contributed by atoms with E-state index in [1.54, 1.807) is 7.11 Å². The number of benzene rings is 1. The monoisotopic (exact) mass is 356 g/mol. The van der Waals surface area contributed by atoms with Crippen LogP contribution in [0.25, 0.3) is 10.6 Å². The summed E-state index contributed by atoms with van der Waals surface area (Å²) in [6.07, 6.45) is 8.22. The van der Waals surface area contributed by atoms with E-state index < -0.39 is 0 Å². The topological polar surface area (TPSA) is 51.2 Å². The molecule has 0 fully saturated rings. The second-order valence-electron chi connectivity index (χ2n) is 6.28. The van der Waals surface area contributed by atoms with Crippen LogP contribution in [-0.4, -0.2) is 24.5 Å². The second-order valence-corrected chi connectivity index (χ2v) is 7.28. The van der Waals surface area contributed by atoms with E-state index in [0.717, 1.165) is 28.4 Å². The Morgan fingerprint density at radius 3 is 2.76 bits per heavy atom. The van der Waals surface area contributed by atoms with Crippen LogP contribution >= 0.6 is 11.3 Å². The Bertz CT molecular complexity index is 763. The molecule has 1 aliphatic carbocycles. The van der Waals surface area contributed by atoms with Gasteiger partial charge in [0.1, 0.15) is 15.6 Å². The maximum atomic E-state index is 12.5. The maximum Gasteiger partial charge on any atom is 0.263 e. The van der Waals surface area contributed by atoms with Gasteiger partial charge in [-0.3, -0.25) is 4.79 Å². The predicted octanol–water partition coefficient (Wildman–Crippen LogP) is 4.75. The highest BCUT2D eigenvalue weighted by atomic mass is 32.1. The van der Waals surface area contributed by atoms with Crippen molar-refractivity contribution in [2.24, 2.45) is 0 Å². The van der Waals surface area contributed by atoms with E-state index in [-0.39, 0.29) is 5.91 Å². The van der Waals surface area contributed by atoms with Gasteiger partial charge in [0.25, 0.3) is 5.91 Å². The van der Waals surface area contributed by atoms with Crippen molar-refractivity contribution in [1.82, 2.24) is 10.3 Å². The van der Waals surface area contributed by atoms with Crippen molar-refractivity contribution >= 4 is 17.2 Å². The normalized spacial score (nSPS) is 14.1. The number of carbonyl (C=O) groups is 1. The molecule has 132 valence electrons. The van der Waals surface area contributed by atoms with Crippen molar-refractivity contribution in [2.75, 3.05) is 13.7 Å². The molecule has 0 spiro atoms. The lowest BCUT2D eigenvalue weighted by Gasteiger charge is -2.12. The third-order valence-electron chi connectivity index (χ3n) is 4.46. The summed E-state index contributed by atoms with van der Waals surface area (Å²) in [6, 6.07) is 7.75. The Labute approximate surface area is 152 Å². The first-order valence-corrected chi connectivity index (χ1v) is 9.57. The first-order chi connectivity index (χ1) is 12.2. The van der Waals surface area contributed by atoms with Crippen molar-refractivity contribution in [2.45, 2.75) is 39.0 Å². The molecule has 4 nitrogen and oxygen atoms in total. The molecule has 0 saturated carbocycles. The zero-order valence-electron chi connectivity index (χ0n) is 14.8. The van der Waals surface area contributed by atoms with Gasteiger partial charge in [-0.15, -0.1) is 11.3 Å². The summed E-state index contributed by atoms with van der Waals surface area (Å²) in [4.78, 5) is 17.7. The average Bonchev–Trinajstić information content (AvgIpc) is 3.04. The number of aromatic nitrogens is 1. The molecule has 1 N–H and O–H groups in total. The van der Waals surface area contributed by atoms with Gasteiger partial charge in [0.15, 0.2) is 0 Å². The van der Waals surface area contributed by atoms with Crippen LogP contribution in [0.3, 0.4) is 0 Å². The van der Waals surface area contributed by atoms with Crippen LogP contribution in [0.4, 0.5) is 0 Å². The minimum atomic E-state index is -0.0221. The van der Waals surface area contributed by atoms with Gasteiger partial charge in [-0.05, 0) is 63.3 Å². The molecule has 1 aromatic carbocycles. The largest absolute Gasteiger partial charge is 0.497 e. The lowest BCUT2D eigenvalue weighted by Crippen LogP contribution is -2.24. The first kappa shape index (κ1) is 17.7. The van der Waals surface area contributed by atoms with Gasteiger partial charge in [-0.1, -0.05) is 11.6 Å². The number of allylic oxidation sites excluding steroid dienone is 1. The van der Waals surface area contributed by atoms with E-state index >= 15 is 0 Å². The number of methoxy groups -OCH3 is 1. The summed E-state index contributed by atoms with van der Waals surface area (Å²) in [6.45, 7) is 2.59. The smallest absolute Gasteiger partial charge is 0.263 e. The van der Waals surface area contributed by atoms with Gasteiger partial charge in [-0.2, -0.15) is 0 Å². The van der Waals surface area contributed by atoms with Crippen LogP contribution in [-0.2, 0) is 0 Å². The van der Waals surface area contributed by atoms with Gasteiger partial charge in [0.05, 0.1) is 12.8 Å². The van der Waals surface area contributed by atoms with E-state index in [9.17, 15) is 4.79 Å². The molecule has 0 bridgehead atoms. The molecule has 1 amide bonds. The van der Waals surface area contributed by atoms with Crippen LogP contribution in [0.2, 0.25) is 0 Å². The van der Waals surface area contributed by atoms with Crippen molar-refractivity contribution in [1.29, 1.82) is 0 Å². The van der Waals surface area contributed by atoms with E-state index in [1.165, 1.54) is 42.6 Å². The Morgan fingerprint density at radius 1 is 1.28 bits per heavy atom. The van der Waals surface area contributed by atoms with E-state index in [1.807, 2.05) is 31.2 Å². The second kappa shape index (κ2) is 8.30. The van der Waals surface area contributed by atoms with E-state index in [0.29, 0.717) is 11.4 Å². The van der Waals surface area contributed by atoms with Gasteiger partial charge in [0, 0.05) is 12.1 Å². The summed E-state index contributed by atoms with van der Waals surface area (Å²) < 4.78 is 5.18. The number of nitrogens with one attached hydrogen (secondary N) is 1. The number of rotatable bonds is 6. The van der Waals surface area contributed by atoms with Crippen LogP contribution in [0.5, 0.6) is 5.75 Å². The van der Waals surface area contributed by atoms with E-state index in [4.69, 9.17) is 4.74 Å². The SMILES string of the molecule is COc1ccc(-c2nc(C)c(C(=O)NCCC3=CCCCC3)s2)cc1. The molecule has 1 heterocycles. The third kappa shape index (κ3) is 4.48. The lowest BCUT2D eigenvalue weighted by molar-refractivity contribution is 0.0957. The highest BCUT2D eigenvalue weighted by Gasteiger charge is 2.16. The number of hydrogen-bond donors (Lipinski definition) is 1. The Kier molecular flexibility index (Phi) is 5.87. The van der Waals surface area contributed by atoms with Gasteiger partial charge in [0.2, 0.25) is 0 Å². The fraction of sp³-hybridized carbons (Fsp3) is 0.400. The third-order valence-corrected chi connectivity index (χ3v) is 5.66. The average molecular weight is 356 g/mol. The number of ether oxygens (including phenoxy) is 1. The number of amides is 1. The summed E-state index contributed by atoms with van der Waals surface area (Å²) in [7, 11) is 1.65. The number of thiazole rings is 1. The Balaban J connectivity index is 1.62. The fourth-order valence-corrected chi connectivity index (χ4v) is 4.00.